The van der Waals surface area contributed by atoms with Crippen molar-refractivity contribution in [1.82, 2.24) is 29.0 Å². The number of nitrogens with one attached hydrogen (secondary N) is 1. The van der Waals surface area contributed by atoms with E-state index in [0.29, 0.717) is 38.0 Å². The van der Waals surface area contributed by atoms with Crippen LogP contribution in [-0.4, -0.2) is 78.6 Å². The smallest absolute Gasteiger partial charge is 0.279 e. The van der Waals surface area contributed by atoms with Gasteiger partial charge in [0, 0.05) is 52.4 Å². The lowest BCUT2D eigenvalue weighted by atomic mass is 9.79. The number of benzene rings is 1. The van der Waals surface area contributed by atoms with E-state index in [0.717, 1.165) is 37.0 Å². The molecular weight excluding hydrogens is 490 g/mol. The first kappa shape index (κ1) is 26.0. The third-order valence-corrected chi connectivity index (χ3v) is 9.42. The van der Waals surface area contributed by atoms with Crippen LogP contribution in [0.2, 0.25) is 0 Å². The molecule has 200 valence electrons. The number of aromatic nitrogens is 4. The minimum Gasteiger partial charge on any atom is -0.374 e. The van der Waals surface area contributed by atoms with Gasteiger partial charge in [-0.15, -0.1) is 5.10 Å². The molecule has 1 N–H and O–H groups in total. The molecule has 10 nitrogen and oxygen atoms in total. The minimum absolute atomic E-state index is 0.267. The Morgan fingerprint density at radius 1 is 1.14 bits per heavy atom. The number of nitrogens with zero attached hydrogens (tertiary/aromatic N) is 6. The van der Waals surface area contributed by atoms with Crippen molar-refractivity contribution in [3.8, 4) is 0 Å². The Balaban J connectivity index is 1.20. The minimum atomic E-state index is -3.56. The highest BCUT2D eigenvalue weighted by Gasteiger charge is 2.35. The Kier molecular flexibility index (Phi) is 7.75. The maximum Gasteiger partial charge on any atom is 0.279 e. The van der Waals surface area contributed by atoms with E-state index >= 15 is 0 Å². The van der Waals surface area contributed by atoms with Gasteiger partial charge in [0.1, 0.15) is 0 Å². The van der Waals surface area contributed by atoms with Crippen LogP contribution >= 0.6 is 0 Å². The molecule has 0 bridgehead atoms. The molecule has 0 spiro atoms. The number of piperidine rings is 1. The Morgan fingerprint density at radius 2 is 1.95 bits per heavy atom. The Morgan fingerprint density at radius 3 is 2.68 bits per heavy atom. The zero-order valence-corrected chi connectivity index (χ0v) is 22.6. The van der Waals surface area contributed by atoms with Gasteiger partial charge in [-0.25, -0.2) is 0 Å². The lowest BCUT2D eigenvalue weighted by Crippen LogP contribution is -2.57. The second-order valence-corrected chi connectivity index (χ2v) is 12.4. The van der Waals surface area contributed by atoms with Gasteiger partial charge < -0.3 is 9.64 Å². The first-order chi connectivity index (χ1) is 17.8. The maximum absolute atomic E-state index is 12.6. The summed E-state index contributed by atoms with van der Waals surface area (Å²) in [4.78, 5) is 2.13. The molecule has 1 aliphatic heterocycles. The lowest BCUT2D eigenvalue weighted by Gasteiger charge is -2.40. The summed E-state index contributed by atoms with van der Waals surface area (Å²) < 4.78 is 37.6. The quantitative estimate of drug-likeness (QED) is 0.480. The molecule has 1 saturated carbocycles. The van der Waals surface area contributed by atoms with E-state index in [2.05, 4.69) is 43.1 Å². The molecule has 3 heterocycles. The van der Waals surface area contributed by atoms with E-state index in [1.807, 2.05) is 30.1 Å². The third-order valence-electron chi connectivity index (χ3n) is 7.86. The van der Waals surface area contributed by atoms with Crippen LogP contribution in [0, 0.1) is 5.92 Å². The summed E-state index contributed by atoms with van der Waals surface area (Å²) in [6.45, 7) is 1.89. The first-order valence-electron chi connectivity index (χ1n) is 13.1. The molecule has 5 rings (SSSR count). The predicted molar refractivity (Wildman–Crippen MR) is 144 cm³/mol. The van der Waals surface area contributed by atoms with Gasteiger partial charge in [-0.05, 0) is 73.8 Å². The number of anilines is 1. The van der Waals surface area contributed by atoms with E-state index in [1.54, 1.807) is 6.20 Å². The molecule has 11 heteroatoms. The molecule has 1 aromatic carbocycles. The first-order valence-corrected chi connectivity index (χ1v) is 14.5. The molecule has 3 aromatic rings. The predicted octanol–water partition coefficient (Wildman–Crippen LogP) is 2.70. The van der Waals surface area contributed by atoms with Gasteiger partial charge in [-0.1, -0.05) is 6.07 Å². The van der Waals surface area contributed by atoms with E-state index in [1.165, 1.54) is 29.4 Å². The van der Waals surface area contributed by atoms with Crippen molar-refractivity contribution in [2.75, 3.05) is 38.7 Å². The standard InChI is InChI=1S/C26H37N7O3S/c1-31(2)37(34,35)30-23-12-14-33(26-5-4-13-27-29-26)17-25(23)36-18-19-6-8-20(9-7-19)21-10-11-24-22(15-21)16-28-32(24)3/h4-5,10-11,13,15-16,19-20,23,25,30H,6-9,12,14,17-18H2,1-3H3/t19?,20?,23-,25+/m0/s1. The maximum atomic E-state index is 12.6. The van der Waals surface area contributed by atoms with Crippen LogP contribution in [0.1, 0.15) is 43.6 Å². The largest absolute Gasteiger partial charge is 0.374 e. The van der Waals surface area contributed by atoms with Crippen molar-refractivity contribution in [3.05, 3.63) is 48.3 Å². The van der Waals surface area contributed by atoms with Crippen molar-refractivity contribution in [2.24, 2.45) is 13.0 Å². The van der Waals surface area contributed by atoms with E-state index in [4.69, 9.17) is 4.74 Å². The van der Waals surface area contributed by atoms with Crippen LogP contribution in [0.15, 0.2) is 42.7 Å². The fraction of sp³-hybridized carbons (Fsp3) is 0.577. The van der Waals surface area contributed by atoms with Crippen molar-refractivity contribution in [3.63, 3.8) is 0 Å². The van der Waals surface area contributed by atoms with Crippen LogP contribution < -0.4 is 9.62 Å². The SMILES string of the molecule is CN(C)S(=O)(=O)N[C@H]1CCN(c2cccnn2)C[C@H]1OCC1CCC(c2ccc3c(cnn3C)c2)CC1. The zero-order valence-electron chi connectivity index (χ0n) is 21.8. The van der Waals surface area contributed by atoms with Crippen molar-refractivity contribution in [2.45, 2.75) is 50.2 Å². The van der Waals surface area contributed by atoms with Gasteiger partial charge in [-0.2, -0.15) is 27.6 Å². The molecule has 1 aliphatic carbocycles. The van der Waals surface area contributed by atoms with Gasteiger partial charge in [0.2, 0.25) is 0 Å². The fourth-order valence-electron chi connectivity index (χ4n) is 5.55. The molecule has 37 heavy (non-hydrogen) atoms. The lowest BCUT2D eigenvalue weighted by molar-refractivity contribution is -0.00156. The van der Waals surface area contributed by atoms with Crippen LogP contribution in [0.5, 0.6) is 0 Å². The summed E-state index contributed by atoms with van der Waals surface area (Å²) in [5, 5.41) is 13.8. The summed E-state index contributed by atoms with van der Waals surface area (Å²) in [5.41, 5.74) is 2.55. The molecule has 0 radical (unpaired) electrons. The van der Waals surface area contributed by atoms with Crippen LogP contribution in [0.3, 0.4) is 0 Å². The second kappa shape index (κ2) is 11.0. The van der Waals surface area contributed by atoms with Crippen molar-refractivity contribution < 1.29 is 13.2 Å². The number of rotatable bonds is 8. The number of fused-ring (bicyclic) bond motifs is 1. The van der Waals surface area contributed by atoms with Crippen molar-refractivity contribution in [1.29, 1.82) is 0 Å². The summed E-state index contributed by atoms with van der Waals surface area (Å²) in [5.74, 6) is 1.81. The Labute approximate surface area is 219 Å². The molecule has 2 atom stereocenters. The summed E-state index contributed by atoms with van der Waals surface area (Å²) in [7, 11) is 1.50. The van der Waals surface area contributed by atoms with E-state index in [9.17, 15) is 8.42 Å². The average molecular weight is 528 g/mol. The Hall–Kier alpha value is -2.60. The van der Waals surface area contributed by atoms with Gasteiger partial charge in [-0.3, -0.25) is 4.68 Å². The molecule has 0 unspecified atom stereocenters. The topological polar surface area (TPSA) is 105 Å². The fourth-order valence-corrected chi connectivity index (χ4v) is 6.41. The molecule has 0 amide bonds. The summed E-state index contributed by atoms with van der Waals surface area (Å²) >= 11 is 0. The molecule has 2 aromatic heterocycles. The summed E-state index contributed by atoms with van der Waals surface area (Å²) in [6, 6.07) is 10.2. The van der Waals surface area contributed by atoms with Gasteiger partial charge in [0.25, 0.3) is 10.2 Å². The average Bonchev–Trinajstić information content (AvgIpc) is 3.28. The van der Waals surface area contributed by atoms with Gasteiger partial charge in [0.05, 0.1) is 23.9 Å². The van der Waals surface area contributed by atoms with Gasteiger partial charge in [0.15, 0.2) is 5.82 Å². The van der Waals surface area contributed by atoms with Gasteiger partial charge >= 0.3 is 0 Å². The zero-order chi connectivity index (χ0) is 26.0. The van der Waals surface area contributed by atoms with E-state index < -0.39 is 10.2 Å². The highest BCUT2D eigenvalue weighted by atomic mass is 32.2. The number of hydrogen-bond donors (Lipinski definition) is 1. The third kappa shape index (κ3) is 5.95. The number of hydrogen-bond acceptors (Lipinski definition) is 7. The monoisotopic (exact) mass is 527 g/mol. The molecule has 2 aliphatic rings. The Bertz CT molecular complexity index is 1290. The van der Waals surface area contributed by atoms with Crippen molar-refractivity contribution >= 4 is 26.9 Å². The normalized spacial score (nSPS) is 25.1. The molecular formula is C26H37N7O3S. The highest BCUT2D eigenvalue weighted by molar-refractivity contribution is 7.87. The van der Waals surface area contributed by atoms with E-state index in [-0.39, 0.29) is 12.1 Å². The highest BCUT2D eigenvalue weighted by Crippen LogP contribution is 2.37. The van der Waals surface area contributed by atoms with Crippen LogP contribution in [-0.2, 0) is 22.0 Å². The molecule has 1 saturated heterocycles. The van der Waals surface area contributed by atoms with Crippen LogP contribution in [0.25, 0.3) is 10.9 Å². The van der Waals surface area contributed by atoms with Crippen LogP contribution in [0.4, 0.5) is 5.82 Å². The number of ether oxygens (including phenoxy) is 1. The molecule has 2 fully saturated rings. The second-order valence-electron chi connectivity index (χ2n) is 10.5. The summed E-state index contributed by atoms with van der Waals surface area (Å²) in [6.07, 6.45) is 8.43. The number of aryl methyl sites for hydroxylation is 1.